The van der Waals surface area contributed by atoms with Gasteiger partial charge in [0.25, 0.3) is 0 Å². The molecule has 1 heterocycles. The van der Waals surface area contributed by atoms with Crippen molar-refractivity contribution in [3.8, 4) is 5.88 Å². The van der Waals surface area contributed by atoms with Gasteiger partial charge >= 0.3 is 0 Å². The largest absolute Gasteiger partial charge is 0.481 e. The second-order valence-electron chi connectivity index (χ2n) is 3.29. The van der Waals surface area contributed by atoms with Crippen molar-refractivity contribution in [1.82, 2.24) is 9.97 Å². The minimum Gasteiger partial charge on any atom is -0.481 e. The fourth-order valence-corrected chi connectivity index (χ4v) is 1.26. The molecule has 1 atom stereocenters. The Morgan fingerprint density at radius 2 is 2.27 bits per heavy atom. The van der Waals surface area contributed by atoms with Crippen molar-refractivity contribution in [3.63, 3.8) is 0 Å². The molecule has 0 aliphatic rings. The number of ether oxygens (including phenoxy) is 1. The summed E-state index contributed by atoms with van der Waals surface area (Å²) in [6.45, 7) is 3.97. The molecule has 0 radical (unpaired) electrons. The number of nitrogens with zero attached hydrogens (tertiary/aromatic N) is 2. The summed E-state index contributed by atoms with van der Waals surface area (Å²) in [7, 11) is 1.57. The summed E-state index contributed by atoms with van der Waals surface area (Å²) in [6, 6.07) is 0.0170. The third-order valence-corrected chi connectivity index (χ3v) is 2.29. The number of rotatable bonds is 5. The van der Waals surface area contributed by atoms with Crippen LogP contribution in [0.1, 0.15) is 18.9 Å². The van der Waals surface area contributed by atoms with E-state index < -0.39 is 0 Å². The molecule has 15 heavy (non-hydrogen) atoms. The smallest absolute Gasteiger partial charge is 0.221 e. The Morgan fingerprint density at radius 3 is 2.80 bits per heavy atom. The maximum absolute atomic E-state index is 9.07. The van der Waals surface area contributed by atoms with Gasteiger partial charge in [-0.05, 0) is 13.3 Å². The molecule has 0 saturated heterocycles. The van der Waals surface area contributed by atoms with Crippen LogP contribution in [0.5, 0.6) is 5.88 Å². The van der Waals surface area contributed by atoms with Crippen LogP contribution in [0.25, 0.3) is 0 Å². The Bertz CT molecular complexity index is 314. The molecule has 0 aromatic carbocycles. The third-order valence-electron chi connectivity index (χ3n) is 2.29. The highest BCUT2D eigenvalue weighted by atomic mass is 16.5. The number of aliphatic hydroxyl groups is 1. The average molecular weight is 211 g/mol. The van der Waals surface area contributed by atoms with Crippen molar-refractivity contribution < 1.29 is 9.84 Å². The van der Waals surface area contributed by atoms with Crippen LogP contribution in [-0.2, 0) is 0 Å². The number of aromatic nitrogens is 2. The van der Waals surface area contributed by atoms with Crippen molar-refractivity contribution in [2.24, 2.45) is 0 Å². The molecule has 1 aromatic heterocycles. The molecule has 0 spiro atoms. The predicted molar refractivity (Wildman–Crippen MR) is 58.1 cm³/mol. The molecule has 0 bridgehead atoms. The monoisotopic (exact) mass is 211 g/mol. The first-order chi connectivity index (χ1) is 7.22. The summed E-state index contributed by atoms with van der Waals surface area (Å²) in [4.78, 5) is 8.09. The Labute approximate surface area is 89.5 Å². The molecule has 0 aliphatic carbocycles. The molecule has 5 nitrogen and oxygen atoms in total. The maximum atomic E-state index is 9.07. The zero-order valence-corrected chi connectivity index (χ0v) is 9.32. The quantitative estimate of drug-likeness (QED) is 0.759. The highest BCUT2D eigenvalue weighted by Gasteiger charge is 2.10. The standard InChI is InChI=1S/C10H17N3O2/c1-4-8(5-14)13-9-7(2)10(15-3)12-6-11-9/h6,8,14H,4-5H2,1-3H3,(H,11,12,13). The molecule has 5 heteroatoms. The molecule has 0 fully saturated rings. The fraction of sp³-hybridized carbons (Fsp3) is 0.600. The first-order valence-corrected chi connectivity index (χ1v) is 4.95. The van der Waals surface area contributed by atoms with Gasteiger partial charge in [-0.1, -0.05) is 6.92 Å². The predicted octanol–water partition coefficient (Wildman–Crippen LogP) is 0.976. The first kappa shape index (κ1) is 11.7. The van der Waals surface area contributed by atoms with E-state index in [-0.39, 0.29) is 12.6 Å². The summed E-state index contributed by atoms with van der Waals surface area (Å²) in [5.74, 6) is 1.27. The molecule has 2 N–H and O–H groups in total. The van der Waals surface area contributed by atoms with Crippen molar-refractivity contribution in [2.75, 3.05) is 19.0 Å². The van der Waals surface area contributed by atoms with Gasteiger partial charge in [0.2, 0.25) is 5.88 Å². The second-order valence-corrected chi connectivity index (χ2v) is 3.29. The van der Waals surface area contributed by atoms with Crippen LogP contribution in [-0.4, -0.2) is 34.8 Å². The number of aliphatic hydroxyl groups excluding tert-OH is 1. The minimum absolute atomic E-state index is 0.0170. The Morgan fingerprint density at radius 1 is 1.53 bits per heavy atom. The molecule has 0 saturated carbocycles. The van der Waals surface area contributed by atoms with E-state index in [1.54, 1.807) is 7.11 Å². The van der Waals surface area contributed by atoms with Gasteiger partial charge in [-0.2, -0.15) is 0 Å². The molecule has 84 valence electrons. The van der Waals surface area contributed by atoms with Crippen LogP contribution >= 0.6 is 0 Å². The highest BCUT2D eigenvalue weighted by Crippen LogP contribution is 2.20. The van der Waals surface area contributed by atoms with E-state index in [0.717, 1.165) is 12.0 Å². The number of hydrogen-bond acceptors (Lipinski definition) is 5. The van der Waals surface area contributed by atoms with Crippen LogP contribution in [0.15, 0.2) is 6.33 Å². The molecular formula is C10H17N3O2. The van der Waals surface area contributed by atoms with Gasteiger partial charge in [-0.15, -0.1) is 0 Å². The van der Waals surface area contributed by atoms with Crippen LogP contribution in [0.3, 0.4) is 0 Å². The summed E-state index contributed by atoms with van der Waals surface area (Å²) in [6.07, 6.45) is 2.28. The Kier molecular flexibility index (Phi) is 4.30. The molecule has 0 amide bonds. The lowest BCUT2D eigenvalue weighted by Crippen LogP contribution is -2.23. The Balaban J connectivity index is 2.85. The highest BCUT2D eigenvalue weighted by molar-refractivity contribution is 5.48. The third kappa shape index (κ3) is 2.79. The van der Waals surface area contributed by atoms with Crippen molar-refractivity contribution in [1.29, 1.82) is 0 Å². The number of methoxy groups -OCH3 is 1. The zero-order chi connectivity index (χ0) is 11.3. The van der Waals surface area contributed by atoms with Crippen LogP contribution < -0.4 is 10.1 Å². The lowest BCUT2D eigenvalue weighted by molar-refractivity contribution is 0.271. The minimum atomic E-state index is 0.0170. The summed E-state index contributed by atoms with van der Waals surface area (Å²) < 4.78 is 5.08. The maximum Gasteiger partial charge on any atom is 0.221 e. The van der Waals surface area contributed by atoms with Gasteiger partial charge in [0.05, 0.1) is 25.3 Å². The Hall–Kier alpha value is -1.36. The number of anilines is 1. The summed E-state index contributed by atoms with van der Waals surface area (Å²) in [5, 5.41) is 12.2. The number of hydrogen-bond donors (Lipinski definition) is 2. The average Bonchev–Trinajstić information content (AvgIpc) is 2.28. The van der Waals surface area contributed by atoms with E-state index in [9.17, 15) is 0 Å². The van der Waals surface area contributed by atoms with Crippen molar-refractivity contribution in [2.45, 2.75) is 26.3 Å². The molecule has 1 aromatic rings. The second kappa shape index (κ2) is 5.50. The molecule has 1 unspecified atom stereocenters. The lowest BCUT2D eigenvalue weighted by atomic mass is 10.2. The topological polar surface area (TPSA) is 67.3 Å². The SMILES string of the molecule is CCC(CO)Nc1ncnc(OC)c1C. The zero-order valence-electron chi connectivity index (χ0n) is 9.32. The molecule has 0 aliphatic heterocycles. The van der Waals surface area contributed by atoms with Gasteiger partial charge in [-0.25, -0.2) is 9.97 Å². The molecular weight excluding hydrogens is 194 g/mol. The van der Waals surface area contributed by atoms with Crippen LogP contribution in [0, 0.1) is 6.92 Å². The summed E-state index contributed by atoms with van der Waals surface area (Å²) in [5.41, 5.74) is 0.854. The van der Waals surface area contributed by atoms with E-state index in [1.165, 1.54) is 6.33 Å². The normalized spacial score (nSPS) is 12.3. The van der Waals surface area contributed by atoms with Crippen molar-refractivity contribution >= 4 is 5.82 Å². The van der Waals surface area contributed by atoms with E-state index in [4.69, 9.17) is 9.84 Å². The van der Waals surface area contributed by atoms with E-state index in [2.05, 4.69) is 15.3 Å². The first-order valence-electron chi connectivity index (χ1n) is 4.95. The van der Waals surface area contributed by atoms with E-state index in [0.29, 0.717) is 11.7 Å². The van der Waals surface area contributed by atoms with Crippen molar-refractivity contribution in [3.05, 3.63) is 11.9 Å². The van der Waals surface area contributed by atoms with Gasteiger partial charge in [0.1, 0.15) is 12.1 Å². The van der Waals surface area contributed by atoms with Gasteiger partial charge in [-0.3, -0.25) is 0 Å². The molecule has 1 rings (SSSR count). The van der Waals surface area contributed by atoms with Gasteiger partial charge in [0.15, 0.2) is 0 Å². The van der Waals surface area contributed by atoms with Crippen LogP contribution in [0.2, 0.25) is 0 Å². The van der Waals surface area contributed by atoms with E-state index >= 15 is 0 Å². The van der Waals surface area contributed by atoms with Gasteiger partial charge < -0.3 is 15.2 Å². The fourth-order valence-electron chi connectivity index (χ4n) is 1.26. The van der Waals surface area contributed by atoms with Gasteiger partial charge in [0, 0.05) is 0 Å². The number of nitrogens with one attached hydrogen (secondary N) is 1. The summed E-state index contributed by atoms with van der Waals surface area (Å²) >= 11 is 0. The lowest BCUT2D eigenvalue weighted by Gasteiger charge is -2.16. The van der Waals surface area contributed by atoms with Crippen LogP contribution in [0.4, 0.5) is 5.82 Å². The van der Waals surface area contributed by atoms with E-state index in [1.807, 2.05) is 13.8 Å².